The third-order valence-corrected chi connectivity index (χ3v) is 6.02. The number of nitrogens with one attached hydrogen (secondary N) is 1. The van der Waals surface area contributed by atoms with Crippen molar-refractivity contribution < 1.29 is 28.7 Å². The van der Waals surface area contributed by atoms with Gasteiger partial charge in [-0.15, -0.1) is 0 Å². The van der Waals surface area contributed by atoms with E-state index in [9.17, 15) is 19.2 Å². The van der Waals surface area contributed by atoms with E-state index in [-0.39, 0.29) is 17.2 Å². The van der Waals surface area contributed by atoms with E-state index in [2.05, 4.69) is 5.32 Å². The molecule has 1 amide bonds. The Hall–Kier alpha value is -3.21. The first kappa shape index (κ1) is 25.4. The predicted octanol–water partition coefficient (Wildman–Crippen LogP) is 1.63. The SMILES string of the molecule is CSCC[C@H](N)C(=O)OC(=O)c1ccc(OC(=O)C(N)C2CCC(=O)N2)cc1-c1ccccc1. The van der Waals surface area contributed by atoms with Crippen LogP contribution in [0.5, 0.6) is 5.75 Å². The molecule has 1 heterocycles. The van der Waals surface area contributed by atoms with Gasteiger partial charge in [-0.1, -0.05) is 30.3 Å². The van der Waals surface area contributed by atoms with Gasteiger partial charge in [0.15, 0.2) is 0 Å². The lowest BCUT2D eigenvalue weighted by Gasteiger charge is -2.18. The topological polar surface area (TPSA) is 151 Å². The van der Waals surface area contributed by atoms with Crippen LogP contribution < -0.4 is 21.5 Å². The molecular formula is C24H27N3O6S. The Bertz CT molecular complexity index is 1060. The molecule has 0 saturated carbocycles. The standard InChI is InChI=1S/C24H27N3O6S/c1-34-12-11-18(25)23(30)33-22(29)16-8-7-15(13-17(16)14-5-3-2-4-6-14)32-24(31)21(26)19-9-10-20(28)27-19/h2-8,13,18-19,21H,9-12,25-26H2,1H3,(H,27,28)/t18-,19?,21?/m0/s1. The van der Waals surface area contributed by atoms with E-state index in [4.69, 9.17) is 20.9 Å². The number of ether oxygens (including phenoxy) is 2. The molecule has 0 spiro atoms. The summed E-state index contributed by atoms with van der Waals surface area (Å²) >= 11 is 1.54. The van der Waals surface area contributed by atoms with Crippen molar-refractivity contribution in [2.24, 2.45) is 11.5 Å². The Morgan fingerprint density at radius 1 is 1.12 bits per heavy atom. The molecule has 9 nitrogen and oxygen atoms in total. The highest BCUT2D eigenvalue weighted by Crippen LogP contribution is 2.29. The minimum atomic E-state index is -1.03. The van der Waals surface area contributed by atoms with Crippen LogP contribution in [0.3, 0.4) is 0 Å². The Morgan fingerprint density at radius 2 is 1.85 bits per heavy atom. The minimum Gasteiger partial charge on any atom is -0.425 e. The van der Waals surface area contributed by atoms with Crippen LogP contribution in [0.2, 0.25) is 0 Å². The molecule has 0 bridgehead atoms. The average molecular weight is 486 g/mol. The van der Waals surface area contributed by atoms with E-state index >= 15 is 0 Å². The van der Waals surface area contributed by atoms with Gasteiger partial charge in [-0.25, -0.2) is 14.4 Å². The Kier molecular flexibility index (Phi) is 8.80. The van der Waals surface area contributed by atoms with E-state index < -0.39 is 36.0 Å². The molecule has 1 aliphatic rings. The lowest BCUT2D eigenvalue weighted by Crippen LogP contribution is -2.49. The number of rotatable bonds is 9. The van der Waals surface area contributed by atoms with Crippen LogP contribution >= 0.6 is 11.8 Å². The molecule has 5 N–H and O–H groups in total. The summed E-state index contributed by atoms with van der Waals surface area (Å²) in [6.45, 7) is 0. The van der Waals surface area contributed by atoms with Crippen molar-refractivity contribution in [2.45, 2.75) is 37.4 Å². The van der Waals surface area contributed by atoms with Crippen molar-refractivity contribution in [1.82, 2.24) is 5.32 Å². The van der Waals surface area contributed by atoms with Gasteiger partial charge < -0.3 is 26.3 Å². The molecule has 1 saturated heterocycles. The second-order valence-corrected chi connectivity index (χ2v) is 8.82. The summed E-state index contributed by atoms with van der Waals surface area (Å²) in [5, 5.41) is 2.65. The Labute approximate surface area is 201 Å². The fourth-order valence-electron chi connectivity index (χ4n) is 3.46. The van der Waals surface area contributed by atoms with Gasteiger partial charge in [0.25, 0.3) is 0 Å². The molecule has 2 unspecified atom stereocenters. The first-order valence-corrected chi connectivity index (χ1v) is 12.2. The molecule has 0 radical (unpaired) electrons. The van der Waals surface area contributed by atoms with Gasteiger partial charge in [-0.05, 0) is 54.2 Å². The van der Waals surface area contributed by atoms with Gasteiger partial charge in [0.1, 0.15) is 17.8 Å². The number of thioether (sulfide) groups is 1. The summed E-state index contributed by atoms with van der Waals surface area (Å²) in [7, 11) is 0. The van der Waals surface area contributed by atoms with E-state index in [1.54, 1.807) is 24.3 Å². The summed E-state index contributed by atoms with van der Waals surface area (Å²) in [5.74, 6) is -1.72. The number of nitrogens with two attached hydrogens (primary N) is 2. The number of amides is 1. The van der Waals surface area contributed by atoms with Gasteiger partial charge in [-0.3, -0.25) is 4.79 Å². The third kappa shape index (κ3) is 6.43. The number of benzene rings is 2. The highest BCUT2D eigenvalue weighted by molar-refractivity contribution is 7.98. The summed E-state index contributed by atoms with van der Waals surface area (Å²) in [6.07, 6.45) is 3.03. The van der Waals surface area contributed by atoms with E-state index in [0.717, 1.165) is 0 Å². The van der Waals surface area contributed by atoms with Crippen molar-refractivity contribution in [3.8, 4) is 16.9 Å². The maximum absolute atomic E-state index is 12.8. The molecule has 0 aromatic heterocycles. The van der Waals surface area contributed by atoms with Crippen molar-refractivity contribution in [1.29, 1.82) is 0 Å². The summed E-state index contributed by atoms with van der Waals surface area (Å²) in [4.78, 5) is 49.0. The van der Waals surface area contributed by atoms with Crippen LogP contribution in [0.4, 0.5) is 0 Å². The van der Waals surface area contributed by atoms with Crippen molar-refractivity contribution in [2.75, 3.05) is 12.0 Å². The van der Waals surface area contributed by atoms with Gasteiger partial charge in [0, 0.05) is 6.42 Å². The van der Waals surface area contributed by atoms with Crippen LogP contribution in [0.15, 0.2) is 48.5 Å². The molecule has 180 valence electrons. The van der Waals surface area contributed by atoms with Gasteiger partial charge >= 0.3 is 17.9 Å². The molecule has 3 rings (SSSR count). The number of carbonyl (C=O) groups is 4. The maximum Gasteiger partial charge on any atom is 0.346 e. The second kappa shape index (κ2) is 11.8. The van der Waals surface area contributed by atoms with Crippen molar-refractivity contribution >= 4 is 35.6 Å². The summed E-state index contributed by atoms with van der Waals surface area (Å²) in [5.41, 5.74) is 12.9. The van der Waals surface area contributed by atoms with E-state index in [1.165, 1.54) is 30.0 Å². The van der Waals surface area contributed by atoms with Gasteiger partial charge in [0.2, 0.25) is 5.91 Å². The Morgan fingerprint density at radius 3 is 2.50 bits per heavy atom. The van der Waals surface area contributed by atoms with Crippen molar-refractivity contribution in [3.05, 3.63) is 54.1 Å². The van der Waals surface area contributed by atoms with Crippen LogP contribution in [0.25, 0.3) is 11.1 Å². The third-order valence-electron chi connectivity index (χ3n) is 5.38. The van der Waals surface area contributed by atoms with E-state index in [0.29, 0.717) is 36.1 Å². The quantitative estimate of drug-likeness (QED) is 0.273. The number of hydrogen-bond acceptors (Lipinski definition) is 9. The zero-order valence-electron chi connectivity index (χ0n) is 18.7. The van der Waals surface area contributed by atoms with Crippen LogP contribution in [0.1, 0.15) is 29.6 Å². The molecule has 1 aliphatic heterocycles. The predicted molar refractivity (Wildman–Crippen MR) is 128 cm³/mol. The number of carbonyl (C=O) groups excluding carboxylic acids is 4. The smallest absolute Gasteiger partial charge is 0.346 e. The van der Waals surface area contributed by atoms with Crippen LogP contribution in [0, 0.1) is 0 Å². The number of esters is 3. The van der Waals surface area contributed by atoms with Gasteiger partial charge in [0.05, 0.1) is 11.6 Å². The lowest BCUT2D eigenvalue weighted by molar-refractivity contribution is -0.139. The Balaban J connectivity index is 1.81. The largest absolute Gasteiger partial charge is 0.425 e. The second-order valence-electron chi connectivity index (χ2n) is 7.83. The highest BCUT2D eigenvalue weighted by atomic mass is 32.2. The van der Waals surface area contributed by atoms with Crippen LogP contribution in [-0.2, 0) is 19.1 Å². The summed E-state index contributed by atoms with van der Waals surface area (Å²) in [6, 6.07) is 10.8. The molecule has 10 heteroatoms. The zero-order chi connectivity index (χ0) is 24.7. The molecule has 2 aromatic rings. The number of hydrogen-bond donors (Lipinski definition) is 3. The molecule has 3 atom stereocenters. The fraction of sp³-hybridized carbons (Fsp3) is 0.333. The molecule has 34 heavy (non-hydrogen) atoms. The normalized spacial score (nSPS) is 16.9. The first-order chi connectivity index (χ1) is 16.3. The highest BCUT2D eigenvalue weighted by Gasteiger charge is 2.32. The van der Waals surface area contributed by atoms with Crippen molar-refractivity contribution in [3.63, 3.8) is 0 Å². The molecule has 1 fully saturated rings. The average Bonchev–Trinajstić information content (AvgIpc) is 3.28. The molecular weight excluding hydrogens is 458 g/mol. The lowest BCUT2D eigenvalue weighted by atomic mass is 9.99. The van der Waals surface area contributed by atoms with Crippen LogP contribution in [-0.4, -0.2) is 53.9 Å². The first-order valence-electron chi connectivity index (χ1n) is 10.8. The van der Waals surface area contributed by atoms with Gasteiger partial charge in [-0.2, -0.15) is 11.8 Å². The monoisotopic (exact) mass is 485 g/mol. The molecule has 0 aliphatic carbocycles. The minimum absolute atomic E-state index is 0.115. The summed E-state index contributed by atoms with van der Waals surface area (Å²) < 4.78 is 10.4. The fourth-order valence-corrected chi connectivity index (χ4v) is 3.95. The molecule has 2 aromatic carbocycles. The zero-order valence-corrected chi connectivity index (χ0v) is 19.5. The maximum atomic E-state index is 12.8. The van der Waals surface area contributed by atoms with E-state index in [1.807, 2.05) is 12.3 Å².